The minimum absolute atomic E-state index is 0.496. The van der Waals surface area contributed by atoms with Gasteiger partial charge >= 0.3 is 0 Å². The SMILES string of the molecule is [2H]c1c([2H])c([2H])c(-c2c([2H])c(-c3c([2H])c([2H])c([2H])c([2H])c3[2H])c([2H])c(-c3c4c([2H])c([2H])c([2H])c([2H])c4c(-c4c([2H])c([2H])c([2H])c5oc6c7c([2H])c([2H])c([2H])c([2H])c7c([2H])c([2H])c6c45)c4c([2H])c([2H])c([2H])c([2H])c34)c2[2H])c([2H])c1[2H]. The van der Waals surface area contributed by atoms with Gasteiger partial charge in [0.2, 0.25) is 0 Å². The van der Waals surface area contributed by atoms with Crippen molar-refractivity contribution in [3.63, 3.8) is 0 Å². The van der Waals surface area contributed by atoms with Crippen molar-refractivity contribution in [3.05, 3.63) is 181 Å². The third-order valence-electron chi connectivity index (χ3n) is 7.87. The summed E-state index contributed by atoms with van der Waals surface area (Å²) in [6, 6.07) is -30.2. The summed E-state index contributed by atoms with van der Waals surface area (Å²) in [5, 5.41) is -5.55. The van der Waals surface area contributed by atoms with Gasteiger partial charge in [0.25, 0.3) is 0 Å². The van der Waals surface area contributed by atoms with Crippen LogP contribution < -0.4 is 0 Å². The van der Waals surface area contributed by atoms with E-state index in [1.807, 2.05) is 0 Å². The van der Waals surface area contributed by atoms with Crippen LogP contribution in [0.4, 0.5) is 0 Å². The van der Waals surface area contributed by atoms with Gasteiger partial charge in [-0.2, -0.15) is 0 Å². The molecule has 0 aliphatic rings. The van der Waals surface area contributed by atoms with Gasteiger partial charge in [-0.1, -0.05) is 151 Å². The van der Waals surface area contributed by atoms with Crippen LogP contribution in [-0.2, 0) is 0 Å². The normalized spacial score (nSPS) is 20.2. The molecule has 10 aromatic rings. The summed E-state index contributed by atoms with van der Waals surface area (Å²) in [5.74, 6) is 0. The maximum absolute atomic E-state index is 9.98. The van der Waals surface area contributed by atoms with E-state index in [1.165, 1.54) is 0 Å². The second-order valence-corrected chi connectivity index (χ2v) is 10.5. The Labute approximate surface area is 326 Å². The van der Waals surface area contributed by atoms with Crippen molar-refractivity contribution in [2.45, 2.75) is 0 Å². The Hall–Kier alpha value is -6.44. The number of fused-ring (bicyclic) bond motifs is 7. The van der Waals surface area contributed by atoms with Crippen LogP contribution in [0.2, 0.25) is 0 Å². The molecule has 1 nitrogen and oxygen atoms in total. The van der Waals surface area contributed by atoms with E-state index in [0.717, 1.165) is 0 Å². The highest BCUT2D eigenvalue weighted by molar-refractivity contribution is 6.27. The molecular formula is C48H30O. The summed E-state index contributed by atoms with van der Waals surface area (Å²) < 4.78 is 278. The fraction of sp³-hybridized carbons (Fsp3) is 0. The van der Waals surface area contributed by atoms with Crippen LogP contribution in [0.25, 0.3) is 98.8 Å². The first-order valence-electron chi connectivity index (χ1n) is 29.4. The first-order chi connectivity index (χ1) is 36.8. The van der Waals surface area contributed by atoms with E-state index >= 15 is 0 Å². The lowest BCUT2D eigenvalue weighted by atomic mass is 9.83. The highest BCUT2D eigenvalue weighted by Gasteiger charge is 2.21. The molecule has 0 N–H and O–H groups in total. The van der Waals surface area contributed by atoms with Gasteiger partial charge < -0.3 is 4.42 Å². The van der Waals surface area contributed by atoms with Crippen LogP contribution in [0, 0.1) is 0 Å². The fourth-order valence-electron chi connectivity index (χ4n) is 5.87. The Morgan fingerprint density at radius 1 is 0.347 bits per heavy atom. The van der Waals surface area contributed by atoms with Crippen LogP contribution >= 0.6 is 0 Å². The quantitative estimate of drug-likeness (QED) is 0.172. The molecule has 0 unspecified atom stereocenters. The molecule has 0 bridgehead atoms. The number of furan rings is 1. The Bertz CT molecular complexity index is 4360. The monoisotopic (exact) mass is 652 g/mol. The van der Waals surface area contributed by atoms with Crippen molar-refractivity contribution in [1.29, 1.82) is 0 Å². The first kappa shape index (κ1) is 11.1. The fourth-order valence-corrected chi connectivity index (χ4v) is 5.87. The van der Waals surface area contributed by atoms with E-state index in [1.54, 1.807) is 0 Å². The van der Waals surface area contributed by atoms with Gasteiger partial charge in [0.05, 0.1) is 41.1 Å². The Morgan fingerprint density at radius 2 is 0.857 bits per heavy atom. The molecular weight excluding hydrogens is 593 g/mol. The van der Waals surface area contributed by atoms with E-state index < -0.39 is 280 Å². The van der Waals surface area contributed by atoms with Crippen molar-refractivity contribution in [1.82, 2.24) is 0 Å². The van der Waals surface area contributed by atoms with E-state index in [2.05, 4.69) is 0 Å². The molecule has 0 fully saturated rings. The van der Waals surface area contributed by atoms with Gasteiger partial charge in [0.1, 0.15) is 11.2 Å². The standard InChI is InChI=1S/C48H30O/c1-3-14-31(15-4-1)34-28-35(32-16-5-2-6-17-32)30-36(29-34)45-38-20-9-11-22-40(38)46(41-23-12-10-21-39(41)45)42-24-13-25-44-47(42)43-27-26-33-18-7-8-19-37(33)48(43)49-44/h1-30H/i1D,2D,3D,4D,5D,6D,7D,8D,9D,10D,11D,12D,13D,14D,15D,16D,17D,18D,19D,20D,21D,22D,23D,24D,25D,26D,27D,28D,29D,30D. The second-order valence-electron chi connectivity index (χ2n) is 10.5. The van der Waals surface area contributed by atoms with Crippen LogP contribution in [-0.4, -0.2) is 0 Å². The van der Waals surface area contributed by atoms with Gasteiger partial charge in [-0.05, 0) is 102 Å². The summed E-state index contributed by atoms with van der Waals surface area (Å²) >= 11 is 0. The molecule has 9 aromatic carbocycles. The predicted octanol–water partition coefficient (Wildman–Crippen LogP) is 13.7. The maximum Gasteiger partial charge on any atom is 0.143 e. The smallest absolute Gasteiger partial charge is 0.143 e. The molecule has 0 atom stereocenters. The van der Waals surface area contributed by atoms with Gasteiger partial charge in [0, 0.05) is 16.2 Å². The molecule has 0 saturated carbocycles. The molecule has 0 aliphatic heterocycles. The van der Waals surface area contributed by atoms with E-state index in [4.69, 9.17) is 33.2 Å². The topological polar surface area (TPSA) is 13.1 Å². The number of benzene rings is 9. The lowest BCUT2D eigenvalue weighted by Gasteiger charge is -2.19. The van der Waals surface area contributed by atoms with E-state index in [0.29, 0.717) is 0 Å². The zero-order chi connectivity index (χ0) is 58.4. The van der Waals surface area contributed by atoms with Crippen molar-refractivity contribution >= 4 is 54.3 Å². The molecule has 49 heavy (non-hydrogen) atoms. The van der Waals surface area contributed by atoms with Crippen LogP contribution in [0.5, 0.6) is 0 Å². The Kier molecular flexibility index (Phi) is 2.50. The molecule has 0 aliphatic carbocycles. The molecule has 0 amide bonds. The highest BCUT2D eigenvalue weighted by atomic mass is 16.3. The molecule has 10 rings (SSSR count). The number of hydrogen-bond acceptors (Lipinski definition) is 1. The summed E-state index contributed by atoms with van der Waals surface area (Å²) in [5.41, 5.74) is -8.54. The zero-order valence-electron chi connectivity index (χ0n) is 54.4. The molecule has 0 saturated heterocycles. The van der Waals surface area contributed by atoms with Crippen LogP contribution in [0.15, 0.2) is 186 Å². The van der Waals surface area contributed by atoms with Gasteiger partial charge in [-0.15, -0.1) is 0 Å². The van der Waals surface area contributed by atoms with Gasteiger partial charge in [-0.25, -0.2) is 0 Å². The summed E-state index contributed by atoms with van der Waals surface area (Å²) in [6.07, 6.45) is 0. The minimum Gasteiger partial charge on any atom is -0.455 e. The number of hydrogen-bond donors (Lipinski definition) is 0. The highest BCUT2D eigenvalue weighted by Crippen LogP contribution is 2.48. The average molecular weight is 653 g/mol. The largest absolute Gasteiger partial charge is 0.455 e. The Balaban J connectivity index is 1.58. The van der Waals surface area contributed by atoms with Gasteiger partial charge in [-0.3, -0.25) is 0 Å². The lowest BCUT2D eigenvalue weighted by molar-refractivity contribution is 0.673. The third kappa shape index (κ3) is 4.40. The molecule has 0 spiro atoms. The van der Waals surface area contributed by atoms with Crippen molar-refractivity contribution in [3.8, 4) is 44.5 Å². The maximum atomic E-state index is 9.98. The van der Waals surface area contributed by atoms with E-state index in [-0.39, 0.29) is 0 Å². The molecule has 228 valence electrons. The van der Waals surface area contributed by atoms with E-state index in [9.17, 15) is 12.3 Å². The van der Waals surface area contributed by atoms with Crippen molar-refractivity contribution in [2.75, 3.05) is 0 Å². The van der Waals surface area contributed by atoms with Crippen LogP contribution in [0.3, 0.4) is 0 Å². The third-order valence-corrected chi connectivity index (χ3v) is 7.87. The molecule has 1 heterocycles. The number of rotatable bonds is 4. The minimum atomic E-state index is -1.19. The lowest BCUT2D eigenvalue weighted by Crippen LogP contribution is -1.92. The Morgan fingerprint density at radius 3 is 1.47 bits per heavy atom. The molecule has 1 heteroatoms. The summed E-state index contributed by atoms with van der Waals surface area (Å²) in [7, 11) is 0. The van der Waals surface area contributed by atoms with Crippen molar-refractivity contribution in [2.24, 2.45) is 0 Å². The molecule has 0 radical (unpaired) electrons. The van der Waals surface area contributed by atoms with Gasteiger partial charge in [0.15, 0.2) is 0 Å². The second kappa shape index (κ2) is 11.1. The van der Waals surface area contributed by atoms with Crippen LogP contribution in [0.1, 0.15) is 41.1 Å². The summed E-state index contributed by atoms with van der Waals surface area (Å²) in [4.78, 5) is 0. The predicted molar refractivity (Wildman–Crippen MR) is 208 cm³/mol. The summed E-state index contributed by atoms with van der Waals surface area (Å²) in [6.45, 7) is 0. The van der Waals surface area contributed by atoms with Crippen molar-refractivity contribution < 1.29 is 45.5 Å². The average Bonchev–Trinajstić information content (AvgIpc) is 3.84. The first-order valence-corrected chi connectivity index (χ1v) is 14.4. The zero-order valence-corrected chi connectivity index (χ0v) is 24.4. The molecule has 1 aromatic heterocycles.